The molecule has 0 spiro atoms. The predicted molar refractivity (Wildman–Crippen MR) is 226 cm³/mol. The fraction of sp³-hybridized carbons (Fsp3) is 0.0204. The van der Waals surface area contributed by atoms with Gasteiger partial charge in [0.05, 0.1) is 27.9 Å². The Morgan fingerprint density at radius 2 is 1.02 bits per heavy atom. The fourth-order valence-corrected chi connectivity index (χ4v) is 7.91. The molecule has 0 saturated carbocycles. The number of rotatable bonds is 7. The van der Waals surface area contributed by atoms with Crippen molar-refractivity contribution in [1.29, 1.82) is 0 Å². The zero-order valence-electron chi connectivity index (χ0n) is 29.8. The van der Waals surface area contributed by atoms with E-state index in [0.29, 0.717) is 0 Å². The average molecular weight is 694 g/mol. The van der Waals surface area contributed by atoms with Gasteiger partial charge < -0.3 is 9.13 Å². The maximum atomic E-state index is 4.93. The van der Waals surface area contributed by atoms with Crippen molar-refractivity contribution < 1.29 is 0 Å². The zero-order chi connectivity index (χ0) is 36.2. The molecule has 7 aromatic carbocycles. The number of hydrogen-bond donors (Lipinski definition) is 0. The van der Waals surface area contributed by atoms with E-state index in [1.165, 1.54) is 27.2 Å². The maximum Gasteiger partial charge on any atom is 0.114 e. The van der Waals surface area contributed by atoms with Crippen molar-refractivity contribution >= 4 is 55.9 Å². The van der Waals surface area contributed by atoms with Crippen LogP contribution in [0.1, 0.15) is 18.2 Å². The maximum absolute atomic E-state index is 4.93. The number of hydrogen-bond acceptors (Lipinski definition) is 2. The Labute approximate surface area is 313 Å². The quantitative estimate of drug-likeness (QED) is 0.167. The summed E-state index contributed by atoms with van der Waals surface area (Å²) in [7, 11) is 0. The first kappa shape index (κ1) is 31.5. The van der Waals surface area contributed by atoms with Crippen molar-refractivity contribution in [3.05, 3.63) is 188 Å². The summed E-state index contributed by atoms with van der Waals surface area (Å²) in [5.74, 6) is 0. The van der Waals surface area contributed by atoms with Crippen LogP contribution in [0.25, 0.3) is 95.2 Å². The molecule has 5 nitrogen and oxygen atoms in total. The molecule has 0 saturated heterocycles. The van der Waals surface area contributed by atoms with Gasteiger partial charge in [0.15, 0.2) is 0 Å². The molecule has 0 aliphatic carbocycles. The van der Waals surface area contributed by atoms with Gasteiger partial charge in [-0.3, -0.25) is 0 Å². The smallest absolute Gasteiger partial charge is 0.114 e. The van der Waals surface area contributed by atoms with Crippen molar-refractivity contribution in [2.24, 2.45) is 0 Å². The van der Waals surface area contributed by atoms with Crippen molar-refractivity contribution in [2.75, 3.05) is 0 Å². The molecule has 0 bridgehead atoms. The summed E-state index contributed by atoms with van der Waals surface area (Å²) in [6, 6.07) is 57.9. The minimum Gasteiger partial charge on any atom is -0.309 e. The highest BCUT2D eigenvalue weighted by molar-refractivity contribution is 6.10. The normalized spacial score (nSPS) is 11.8. The van der Waals surface area contributed by atoms with Crippen LogP contribution in [-0.2, 0) is 0 Å². The first-order valence-corrected chi connectivity index (χ1v) is 18.2. The molecule has 0 atom stereocenters. The summed E-state index contributed by atoms with van der Waals surface area (Å²) < 4.78 is 4.65. The molecule has 3 aromatic heterocycles. The van der Waals surface area contributed by atoms with Crippen LogP contribution < -0.4 is 0 Å². The van der Waals surface area contributed by atoms with Crippen molar-refractivity contribution in [3.8, 4) is 39.3 Å². The standard InChI is InChI=1S/C49H35N5/c1-3-13-46-40(4-2)42-30-34(23-28-48(42)52(46)37-14-7-5-8-15-37)33-20-25-39(26-21-33)54-50-44-27-22-36(32-45(44)51-54)35-24-29-49-43(31-35)41-18-11-12-19-47(41)53(49)38-16-9-6-10-17-38/h3-32H,2H2,1H3/b13-3-. The van der Waals surface area contributed by atoms with E-state index >= 15 is 0 Å². The summed E-state index contributed by atoms with van der Waals surface area (Å²) in [4.78, 5) is 1.73. The van der Waals surface area contributed by atoms with E-state index in [-0.39, 0.29) is 0 Å². The van der Waals surface area contributed by atoms with Crippen molar-refractivity contribution in [3.63, 3.8) is 0 Å². The van der Waals surface area contributed by atoms with Crippen LogP contribution in [-0.4, -0.2) is 24.1 Å². The number of fused-ring (bicyclic) bond motifs is 5. The van der Waals surface area contributed by atoms with Gasteiger partial charge in [0.2, 0.25) is 0 Å². The Bertz CT molecular complexity index is 3050. The highest BCUT2D eigenvalue weighted by Crippen LogP contribution is 2.37. The van der Waals surface area contributed by atoms with Gasteiger partial charge in [-0.1, -0.05) is 104 Å². The minimum atomic E-state index is 0.852. The van der Waals surface area contributed by atoms with Crippen LogP contribution in [0, 0.1) is 0 Å². The van der Waals surface area contributed by atoms with Crippen molar-refractivity contribution in [1.82, 2.24) is 24.1 Å². The predicted octanol–water partition coefficient (Wildman–Crippen LogP) is 12.5. The molecule has 256 valence electrons. The van der Waals surface area contributed by atoms with Gasteiger partial charge in [-0.15, -0.1) is 10.2 Å². The van der Waals surface area contributed by atoms with E-state index in [4.69, 9.17) is 10.2 Å². The number of nitrogens with zero attached hydrogens (tertiary/aromatic N) is 5. The summed E-state index contributed by atoms with van der Waals surface area (Å²) in [6.45, 7) is 6.24. The summed E-state index contributed by atoms with van der Waals surface area (Å²) >= 11 is 0. The third kappa shape index (κ3) is 5.09. The minimum absolute atomic E-state index is 0.852. The highest BCUT2D eigenvalue weighted by Gasteiger charge is 2.17. The lowest BCUT2D eigenvalue weighted by molar-refractivity contribution is 0.766. The lowest BCUT2D eigenvalue weighted by atomic mass is 10.0. The summed E-state index contributed by atoms with van der Waals surface area (Å²) in [5.41, 5.74) is 15.2. The van der Waals surface area contributed by atoms with E-state index in [0.717, 1.165) is 67.1 Å². The van der Waals surface area contributed by atoms with Gasteiger partial charge in [0.1, 0.15) is 11.0 Å². The van der Waals surface area contributed by atoms with E-state index in [2.05, 4.69) is 193 Å². The van der Waals surface area contributed by atoms with E-state index in [1.54, 1.807) is 4.80 Å². The SMILES string of the molecule is C=Cc1c(/C=C\C)n(-c2ccccc2)c2ccc(-c3ccc(-n4nc5ccc(-c6ccc7c(c6)c6ccccc6n7-c6ccccc6)cc5n4)cc3)cc12. The van der Waals surface area contributed by atoms with Crippen LogP contribution in [0.3, 0.4) is 0 Å². The average Bonchev–Trinajstić information content (AvgIpc) is 3.91. The van der Waals surface area contributed by atoms with Crippen LogP contribution in [0.15, 0.2) is 176 Å². The molecule has 0 aliphatic heterocycles. The number of allylic oxidation sites excluding steroid dienone is 1. The first-order chi connectivity index (χ1) is 26.7. The topological polar surface area (TPSA) is 40.6 Å². The van der Waals surface area contributed by atoms with Gasteiger partial charge in [0.25, 0.3) is 0 Å². The molecule has 54 heavy (non-hydrogen) atoms. The summed E-state index contributed by atoms with van der Waals surface area (Å²) in [6.07, 6.45) is 6.21. The number of aromatic nitrogens is 5. The fourth-order valence-electron chi connectivity index (χ4n) is 7.91. The van der Waals surface area contributed by atoms with Gasteiger partial charge in [-0.05, 0) is 114 Å². The largest absolute Gasteiger partial charge is 0.309 e. The molecule has 0 unspecified atom stereocenters. The molecule has 0 amide bonds. The van der Waals surface area contributed by atoms with Gasteiger partial charge in [0, 0.05) is 33.1 Å². The molecule has 0 radical (unpaired) electrons. The number of benzene rings is 7. The third-order valence-electron chi connectivity index (χ3n) is 10.4. The first-order valence-electron chi connectivity index (χ1n) is 18.2. The Balaban J connectivity index is 0.981. The van der Waals surface area contributed by atoms with E-state index in [1.807, 2.05) is 12.1 Å². The van der Waals surface area contributed by atoms with Gasteiger partial charge in [-0.2, -0.15) is 4.80 Å². The second-order valence-corrected chi connectivity index (χ2v) is 13.6. The van der Waals surface area contributed by atoms with Crippen LogP contribution in [0.2, 0.25) is 0 Å². The molecule has 5 heteroatoms. The Morgan fingerprint density at radius 1 is 0.463 bits per heavy atom. The Kier molecular flexibility index (Phi) is 7.44. The van der Waals surface area contributed by atoms with Crippen LogP contribution in [0.4, 0.5) is 0 Å². The zero-order valence-corrected chi connectivity index (χ0v) is 29.8. The second kappa shape index (κ2) is 12.8. The van der Waals surface area contributed by atoms with Crippen molar-refractivity contribution in [2.45, 2.75) is 6.92 Å². The lowest BCUT2D eigenvalue weighted by Crippen LogP contribution is -1.98. The molecule has 10 aromatic rings. The molecule has 0 fully saturated rings. The second-order valence-electron chi connectivity index (χ2n) is 13.6. The third-order valence-corrected chi connectivity index (χ3v) is 10.4. The molecule has 10 rings (SSSR count). The lowest BCUT2D eigenvalue weighted by Gasteiger charge is -2.09. The monoisotopic (exact) mass is 693 g/mol. The molecular formula is C49H35N5. The van der Waals surface area contributed by atoms with E-state index < -0.39 is 0 Å². The van der Waals surface area contributed by atoms with E-state index in [9.17, 15) is 0 Å². The van der Waals surface area contributed by atoms with Crippen LogP contribution in [0.5, 0.6) is 0 Å². The van der Waals surface area contributed by atoms with Gasteiger partial charge in [-0.25, -0.2) is 0 Å². The molecule has 3 heterocycles. The highest BCUT2D eigenvalue weighted by atomic mass is 15.5. The number of para-hydroxylation sites is 3. The summed E-state index contributed by atoms with van der Waals surface area (Å²) in [5, 5.41) is 13.4. The van der Waals surface area contributed by atoms with Crippen LogP contribution >= 0.6 is 0 Å². The Hall–Kier alpha value is -7.24. The molecule has 0 aliphatic rings. The Morgan fingerprint density at radius 3 is 1.74 bits per heavy atom. The molecule has 0 N–H and O–H groups in total. The molecular weight excluding hydrogens is 659 g/mol. The van der Waals surface area contributed by atoms with Gasteiger partial charge >= 0.3 is 0 Å².